The summed E-state index contributed by atoms with van der Waals surface area (Å²) in [5, 5.41) is 6.35. The normalized spacial score (nSPS) is 15.9. The fourth-order valence-electron chi connectivity index (χ4n) is 2.39. The Labute approximate surface area is 125 Å². The molecule has 0 radical (unpaired) electrons. The number of ether oxygens (including phenoxy) is 1. The van der Waals surface area contributed by atoms with Gasteiger partial charge in [0, 0.05) is 19.0 Å². The molecule has 116 valence electrons. The molecule has 1 amide bonds. The Morgan fingerprint density at radius 1 is 1.36 bits per heavy atom. The van der Waals surface area contributed by atoms with Gasteiger partial charge in [0.1, 0.15) is 12.3 Å². The van der Waals surface area contributed by atoms with Gasteiger partial charge in [0.15, 0.2) is 5.82 Å². The second-order valence-corrected chi connectivity index (χ2v) is 5.13. The molecular weight excluding hydrogens is 292 g/mol. The Morgan fingerprint density at radius 3 is 2.86 bits per heavy atom. The van der Waals surface area contributed by atoms with Crippen molar-refractivity contribution in [3.8, 4) is 0 Å². The number of aryl methyl sites for hydroxylation is 1. The summed E-state index contributed by atoms with van der Waals surface area (Å²) in [4.78, 5) is 11.7. The number of aromatic nitrogens is 2. The standard InChI is InChI=1S/C15H15F2N3O2/c16-15(17)7-4-8-20-12(15)9-13(19-20)18-14(21)22-10-11-5-2-1-3-6-11/h1-3,5-6,9H,4,7-8,10H2,(H,18,19,21). The van der Waals surface area contributed by atoms with Crippen LogP contribution in [-0.4, -0.2) is 15.9 Å². The average molecular weight is 307 g/mol. The number of carbonyl (C=O) groups excluding carboxylic acids is 1. The Bertz CT molecular complexity index is 671. The number of amides is 1. The molecule has 3 rings (SSSR count). The predicted octanol–water partition coefficient (Wildman–Crippen LogP) is 3.52. The number of benzene rings is 1. The van der Waals surface area contributed by atoms with Crippen LogP contribution in [0.25, 0.3) is 0 Å². The first-order chi connectivity index (χ1) is 10.5. The third-order valence-electron chi connectivity index (χ3n) is 3.46. The molecule has 1 aliphatic heterocycles. The van der Waals surface area contributed by atoms with Gasteiger partial charge in [-0.15, -0.1) is 0 Å². The molecule has 7 heteroatoms. The number of anilines is 1. The molecule has 2 aromatic rings. The molecule has 0 atom stereocenters. The highest BCUT2D eigenvalue weighted by Gasteiger charge is 2.38. The number of nitrogens with zero attached hydrogens (tertiary/aromatic N) is 2. The summed E-state index contributed by atoms with van der Waals surface area (Å²) < 4.78 is 33.7. The average Bonchev–Trinajstić information content (AvgIpc) is 2.90. The van der Waals surface area contributed by atoms with Crippen LogP contribution in [0.2, 0.25) is 0 Å². The first-order valence-electron chi connectivity index (χ1n) is 6.98. The van der Waals surface area contributed by atoms with Crippen LogP contribution in [0.15, 0.2) is 36.4 Å². The topological polar surface area (TPSA) is 56.2 Å². The zero-order valence-electron chi connectivity index (χ0n) is 11.8. The van der Waals surface area contributed by atoms with E-state index in [9.17, 15) is 13.6 Å². The van der Waals surface area contributed by atoms with Crippen LogP contribution in [0.3, 0.4) is 0 Å². The van der Waals surface area contributed by atoms with Crippen LogP contribution >= 0.6 is 0 Å². The van der Waals surface area contributed by atoms with Gasteiger partial charge in [-0.05, 0) is 12.0 Å². The van der Waals surface area contributed by atoms with E-state index in [1.165, 1.54) is 10.7 Å². The van der Waals surface area contributed by atoms with Gasteiger partial charge in [-0.2, -0.15) is 13.9 Å². The Morgan fingerprint density at radius 2 is 2.14 bits per heavy atom. The van der Waals surface area contributed by atoms with Gasteiger partial charge < -0.3 is 4.74 Å². The Balaban J connectivity index is 1.62. The maximum Gasteiger partial charge on any atom is 0.413 e. The lowest BCUT2D eigenvalue weighted by Gasteiger charge is -2.22. The number of hydrogen-bond acceptors (Lipinski definition) is 3. The zero-order valence-corrected chi connectivity index (χ0v) is 11.8. The summed E-state index contributed by atoms with van der Waals surface area (Å²) in [6.45, 7) is 0.530. The first kappa shape index (κ1) is 14.5. The van der Waals surface area contributed by atoms with Gasteiger partial charge in [0.05, 0.1) is 0 Å². The quantitative estimate of drug-likeness (QED) is 0.944. The highest BCUT2D eigenvalue weighted by molar-refractivity contribution is 5.83. The van der Waals surface area contributed by atoms with E-state index in [0.717, 1.165) is 5.56 Å². The van der Waals surface area contributed by atoms with Gasteiger partial charge in [-0.3, -0.25) is 10.00 Å². The summed E-state index contributed by atoms with van der Waals surface area (Å²) >= 11 is 0. The molecule has 1 N–H and O–H groups in total. The molecule has 2 heterocycles. The van der Waals surface area contributed by atoms with Crippen LogP contribution in [0, 0.1) is 0 Å². The number of hydrogen-bond donors (Lipinski definition) is 1. The van der Waals surface area contributed by atoms with Crippen molar-refractivity contribution in [1.29, 1.82) is 0 Å². The van der Waals surface area contributed by atoms with E-state index in [2.05, 4.69) is 10.4 Å². The maximum absolute atomic E-state index is 13.7. The van der Waals surface area contributed by atoms with Gasteiger partial charge in [-0.25, -0.2) is 4.79 Å². The number of nitrogens with one attached hydrogen (secondary N) is 1. The number of carbonyl (C=O) groups is 1. The summed E-state index contributed by atoms with van der Waals surface area (Å²) in [7, 11) is 0. The summed E-state index contributed by atoms with van der Waals surface area (Å²) in [6.07, 6.45) is -0.557. The van der Waals surface area contributed by atoms with E-state index < -0.39 is 12.0 Å². The van der Waals surface area contributed by atoms with Crippen LogP contribution in [0.5, 0.6) is 0 Å². The van der Waals surface area contributed by atoms with Crippen molar-refractivity contribution in [2.75, 3.05) is 5.32 Å². The predicted molar refractivity (Wildman–Crippen MR) is 75.6 cm³/mol. The molecule has 5 nitrogen and oxygen atoms in total. The fraction of sp³-hybridized carbons (Fsp3) is 0.333. The number of halogens is 2. The Hall–Kier alpha value is -2.44. The Kier molecular flexibility index (Phi) is 3.79. The van der Waals surface area contributed by atoms with Gasteiger partial charge in [-0.1, -0.05) is 30.3 Å². The lowest BCUT2D eigenvalue weighted by molar-refractivity contribution is -0.0364. The van der Waals surface area contributed by atoms with Crippen molar-refractivity contribution in [1.82, 2.24) is 9.78 Å². The van der Waals surface area contributed by atoms with E-state index in [-0.39, 0.29) is 24.5 Å². The minimum atomic E-state index is -2.90. The third-order valence-corrected chi connectivity index (χ3v) is 3.46. The van der Waals surface area contributed by atoms with Crippen molar-refractivity contribution in [2.24, 2.45) is 0 Å². The monoisotopic (exact) mass is 307 g/mol. The zero-order chi connectivity index (χ0) is 15.6. The van der Waals surface area contributed by atoms with Crippen LogP contribution in [-0.2, 0) is 23.8 Å². The summed E-state index contributed by atoms with van der Waals surface area (Å²) in [5.41, 5.74) is 0.672. The molecule has 1 aliphatic rings. The van der Waals surface area contributed by atoms with E-state index >= 15 is 0 Å². The lowest BCUT2D eigenvalue weighted by atomic mass is 10.1. The lowest BCUT2D eigenvalue weighted by Crippen LogP contribution is -2.25. The minimum Gasteiger partial charge on any atom is -0.444 e. The second-order valence-electron chi connectivity index (χ2n) is 5.13. The molecule has 0 unspecified atom stereocenters. The molecule has 22 heavy (non-hydrogen) atoms. The fourth-order valence-corrected chi connectivity index (χ4v) is 2.39. The molecule has 0 fully saturated rings. The number of alkyl halides is 2. The van der Waals surface area contributed by atoms with Gasteiger partial charge >= 0.3 is 6.09 Å². The molecule has 0 saturated carbocycles. The molecule has 0 spiro atoms. The highest BCUT2D eigenvalue weighted by atomic mass is 19.3. The third kappa shape index (κ3) is 3.08. The second kappa shape index (κ2) is 5.75. The molecule has 1 aromatic heterocycles. The van der Waals surface area contributed by atoms with Crippen molar-refractivity contribution in [3.63, 3.8) is 0 Å². The molecular formula is C15H15F2N3O2. The van der Waals surface area contributed by atoms with E-state index in [1.807, 2.05) is 30.3 Å². The SMILES string of the molecule is O=C(Nc1cc2n(n1)CCCC2(F)F)OCc1ccccc1. The summed E-state index contributed by atoms with van der Waals surface area (Å²) in [5.74, 6) is -2.83. The summed E-state index contributed by atoms with van der Waals surface area (Å²) in [6, 6.07) is 10.4. The molecule has 1 aromatic carbocycles. The van der Waals surface area contributed by atoms with Crippen molar-refractivity contribution >= 4 is 11.9 Å². The molecule has 0 saturated heterocycles. The van der Waals surface area contributed by atoms with Crippen molar-refractivity contribution < 1.29 is 18.3 Å². The van der Waals surface area contributed by atoms with Crippen LogP contribution in [0.4, 0.5) is 19.4 Å². The number of fused-ring (bicyclic) bond motifs is 1. The van der Waals surface area contributed by atoms with E-state index in [1.54, 1.807) is 0 Å². The van der Waals surface area contributed by atoms with Crippen LogP contribution < -0.4 is 5.32 Å². The minimum absolute atomic E-state index is 0.0784. The van der Waals surface area contributed by atoms with Crippen molar-refractivity contribution in [2.45, 2.75) is 31.9 Å². The first-order valence-corrected chi connectivity index (χ1v) is 6.98. The largest absolute Gasteiger partial charge is 0.444 e. The van der Waals surface area contributed by atoms with Gasteiger partial charge in [0.25, 0.3) is 5.92 Å². The highest BCUT2D eigenvalue weighted by Crippen LogP contribution is 2.37. The van der Waals surface area contributed by atoms with E-state index in [0.29, 0.717) is 13.0 Å². The maximum atomic E-state index is 13.7. The molecule has 0 bridgehead atoms. The smallest absolute Gasteiger partial charge is 0.413 e. The van der Waals surface area contributed by atoms with Crippen LogP contribution in [0.1, 0.15) is 24.1 Å². The van der Waals surface area contributed by atoms with Crippen molar-refractivity contribution in [3.05, 3.63) is 47.7 Å². The number of rotatable bonds is 3. The van der Waals surface area contributed by atoms with Gasteiger partial charge in [0.2, 0.25) is 0 Å². The molecule has 0 aliphatic carbocycles. The van der Waals surface area contributed by atoms with E-state index in [4.69, 9.17) is 4.74 Å².